The van der Waals surface area contributed by atoms with Crippen LogP contribution in [0.1, 0.15) is 39.9 Å². The minimum atomic E-state index is 0.0816. The summed E-state index contributed by atoms with van der Waals surface area (Å²) < 4.78 is 0. The van der Waals surface area contributed by atoms with Crippen molar-refractivity contribution >= 4 is 23.0 Å². The van der Waals surface area contributed by atoms with Gasteiger partial charge in [0.2, 0.25) is 0 Å². The number of benzene rings is 2. The molecule has 19 heavy (non-hydrogen) atoms. The summed E-state index contributed by atoms with van der Waals surface area (Å²) in [6, 6.07) is 13.5. The van der Waals surface area contributed by atoms with Crippen LogP contribution in [-0.4, -0.2) is 5.78 Å². The molecule has 2 aliphatic carbocycles. The Balaban J connectivity index is 2.09. The van der Waals surface area contributed by atoms with Crippen LogP contribution in [0.2, 0.25) is 5.02 Å². The Morgan fingerprint density at radius 1 is 0.842 bits per heavy atom. The highest BCUT2D eigenvalue weighted by atomic mass is 35.5. The maximum Gasteiger partial charge on any atom is 0.194 e. The minimum absolute atomic E-state index is 0.0816. The van der Waals surface area contributed by atoms with Gasteiger partial charge in [0, 0.05) is 16.1 Å². The Morgan fingerprint density at radius 3 is 2.26 bits per heavy atom. The molecule has 0 radical (unpaired) electrons. The monoisotopic (exact) mass is 266 g/mol. The molecule has 2 heteroatoms. The van der Waals surface area contributed by atoms with Crippen molar-refractivity contribution < 1.29 is 4.79 Å². The first-order valence-electron chi connectivity index (χ1n) is 6.42. The minimum Gasteiger partial charge on any atom is -0.289 e. The van der Waals surface area contributed by atoms with Crippen LogP contribution in [0, 0.1) is 0 Å². The summed E-state index contributed by atoms with van der Waals surface area (Å²) in [5.41, 5.74) is 6.35. The number of carbonyl (C=O) groups is 1. The van der Waals surface area contributed by atoms with Gasteiger partial charge >= 0.3 is 0 Å². The van der Waals surface area contributed by atoms with E-state index in [1.807, 2.05) is 36.4 Å². The average molecular weight is 267 g/mol. The molecule has 0 amide bonds. The molecule has 4 rings (SSSR count). The molecule has 0 aliphatic heterocycles. The summed E-state index contributed by atoms with van der Waals surface area (Å²) in [6.45, 7) is 0. The highest BCUT2D eigenvalue weighted by Crippen LogP contribution is 2.45. The molecule has 2 aromatic rings. The van der Waals surface area contributed by atoms with E-state index in [9.17, 15) is 4.79 Å². The van der Waals surface area contributed by atoms with Crippen LogP contribution in [0.25, 0.3) is 5.57 Å². The lowest BCUT2D eigenvalue weighted by Gasteiger charge is -2.21. The molecular formula is C17H11ClO. The molecule has 0 atom stereocenters. The van der Waals surface area contributed by atoms with Crippen molar-refractivity contribution in [2.75, 3.05) is 0 Å². The molecule has 0 saturated heterocycles. The quantitative estimate of drug-likeness (QED) is 0.586. The van der Waals surface area contributed by atoms with Gasteiger partial charge in [-0.05, 0) is 41.7 Å². The third-order valence-corrected chi connectivity index (χ3v) is 4.03. The highest BCUT2D eigenvalue weighted by molar-refractivity contribution is 6.31. The van der Waals surface area contributed by atoms with Crippen LogP contribution in [0.15, 0.2) is 48.0 Å². The lowest BCUT2D eigenvalue weighted by molar-refractivity contribution is 0.103. The molecule has 1 fully saturated rings. The molecule has 0 unspecified atom stereocenters. The topological polar surface area (TPSA) is 17.1 Å². The van der Waals surface area contributed by atoms with Crippen LogP contribution < -0.4 is 0 Å². The molecule has 2 aromatic carbocycles. The van der Waals surface area contributed by atoms with Crippen molar-refractivity contribution in [3.05, 3.63) is 75.3 Å². The lowest BCUT2D eigenvalue weighted by Crippen LogP contribution is -2.14. The van der Waals surface area contributed by atoms with E-state index in [1.165, 1.54) is 11.1 Å². The second-order valence-corrected chi connectivity index (χ2v) is 5.48. The van der Waals surface area contributed by atoms with Gasteiger partial charge < -0.3 is 0 Å². The fraction of sp³-hybridized carbons (Fsp3) is 0.118. The van der Waals surface area contributed by atoms with E-state index >= 15 is 0 Å². The number of hydrogen-bond donors (Lipinski definition) is 0. The lowest BCUT2D eigenvalue weighted by atomic mass is 9.81. The van der Waals surface area contributed by atoms with Crippen molar-refractivity contribution in [3.63, 3.8) is 0 Å². The maximum atomic E-state index is 12.6. The van der Waals surface area contributed by atoms with Crippen molar-refractivity contribution in [2.45, 2.75) is 12.8 Å². The van der Waals surface area contributed by atoms with Crippen LogP contribution >= 0.6 is 11.6 Å². The van der Waals surface area contributed by atoms with E-state index in [0.717, 1.165) is 35.1 Å². The van der Waals surface area contributed by atoms with E-state index < -0.39 is 0 Å². The van der Waals surface area contributed by atoms with Gasteiger partial charge in [0.05, 0.1) is 0 Å². The standard InChI is InChI=1S/C17H11ClO/c18-11-7-8-13-15(9-11)17(19)14-4-2-1-3-12(14)16(13)10-5-6-10/h1-4,7-9H,5-6H2. The first kappa shape index (κ1) is 11.0. The second-order valence-electron chi connectivity index (χ2n) is 5.04. The first-order valence-corrected chi connectivity index (χ1v) is 6.79. The van der Waals surface area contributed by atoms with Crippen molar-refractivity contribution in [1.82, 2.24) is 0 Å². The van der Waals surface area contributed by atoms with Crippen LogP contribution in [0.4, 0.5) is 0 Å². The fourth-order valence-corrected chi connectivity index (χ4v) is 2.98. The van der Waals surface area contributed by atoms with Crippen LogP contribution in [-0.2, 0) is 0 Å². The Bertz CT molecular complexity index is 750. The summed E-state index contributed by atoms with van der Waals surface area (Å²) in [6.07, 6.45) is 2.28. The maximum absolute atomic E-state index is 12.6. The Kier molecular flexibility index (Phi) is 2.21. The summed E-state index contributed by atoms with van der Waals surface area (Å²) >= 11 is 6.04. The predicted octanol–water partition coefficient (Wildman–Crippen LogP) is 4.48. The van der Waals surface area contributed by atoms with Gasteiger partial charge in [-0.25, -0.2) is 0 Å². The van der Waals surface area contributed by atoms with E-state index in [0.29, 0.717) is 5.02 Å². The SMILES string of the molecule is O=C1c2ccccc2C(=C2CC2)c2ccc(Cl)cc21. The summed E-state index contributed by atoms with van der Waals surface area (Å²) in [4.78, 5) is 12.6. The second kappa shape index (κ2) is 3.82. The van der Waals surface area contributed by atoms with Gasteiger partial charge in [0.15, 0.2) is 5.78 Å². The van der Waals surface area contributed by atoms with Crippen LogP contribution in [0.5, 0.6) is 0 Å². The first-order chi connectivity index (χ1) is 9.25. The van der Waals surface area contributed by atoms with E-state index in [2.05, 4.69) is 0 Å². The Hall–Kier alpha value is -1.86. The highest BCUT2D eigenvalue weighted by Gasteiger charge is 2.31. The van der Waals surface area contributed by atoms with Gasteiger partial charge in [-0.15, -0.1) is 0 Å². The third-order valence-electron chi connectivity index (χ3n) is 3.79. The zero-order valence-electron chi connectivity index (χ0n) is 10.2. The number of ketones is 1. The van der Waals surface area contributed by atoms with Crippen molar-refractivity contribution in [3.8, 4) is 0 Å². The molecule has 0 heterocycles. The zero-order valence-corrected chi connectivity index (χ0v) is 11.0. The van der Waals surface area contributed by atoms with Crippen molar-refractivity contribution in [1.29, 1.82) is 0 Å². The smallest absolute Gasteiger partial charge is 0.194 e. The number of rotatable bonds is 0. The van der Waals surface area contributed by atoms with E-state index in [1.54, 1.807) is 6.07 Å². The van der Waals surface area contributed by atoms with Gasteiger partial charge in [-0.3, -0.25) is 4.79 Å². The predicted molar refractivity (Wildman–Crippen MR) is 76.6 cm³/mol. The Labute approximate surface area is 116 Å². The summed E-state index contributed by atoms with van der Waals surface area (Å²) in [7, 11) is 0. The molecule has 1 nitrogen and oxygen atoms in total. The van der Waals surface area contributed by atoms with Crippen LogP contribution in [0.3, 0.4) is 0 Å². The van der Waals surface area contributed by atoms with E-state index in [4.69, 9.17) is 11.6 Å². The van der Waals surface area contributed by atoms with Crippen molar-refractivity contribution in [2.24, 2.45) is 0 Å². The molecule has 0 aromatic heterocycles. The Morgan fingerprint density at radius 2 is 1.53 bits per heavy atom. The number of halogens is 1. The molecule has 0 N–H and O–H groups in total. The summed E-state index contributed by atoms with van der Waals surface area (Å²) in [5, 5.41) is 0.617. The zero-order chi connectivity index (χ0) is 13.0. The van der Waals surface area contributed by atoms with Gasteiger partial charge in [0.1, 0.15) is 0 Å². The number of allylic oxidation sites excluding steroid dienone is 1. The number of hydrogen-bond acceptors (Lipinski definition) is 1. The summed E-state index contributed by atoms with van der Waals surface area (Å²) in [5.74, 6) is 0.0816. The molecule has 0 bridgehead atoms. The molecule has 0 spiro atoms. The molecular weight excluding hydrogens is 256 g/mol. The normalized spacial score (nSPS) is 16.2. The van der Waals surface area contributed by atoms with Gasteiger partial charge in [-0.1, -0.05) is 47.5 Å². The van der Waals surface area contributed by atoms with Gasteiger partial charge in [-0.2, -0.15) is 0 Å². The average Bonchev–Trinajstić information content (AvgIpc) is 3.25. The fourth-order valence-electron chi connectivity index (χ4n) is 2.81. The molecule has 1 saturated carbocycles. The number of carbonyl (C=O) groups excluding carboxylic acids is 1. The third kappa shape index (κ3) is 1.58. The largest absolute Gasteiger partial charge is 0.289 e. The van der Waals surface area contributed by atoms with E-state index in [-0.39, 0.29) is 5.78 Å². The molecule has 92 valence electrons. The molecule has 2 aliphatic rings. The van der Waals surface area contributed by atoms with Gasteiger partial charge in [0.25, 0.3) is 0 Å². The number of fused-ring (bicyclic) bond motifs is 2.